The van der Waals surface area contributed by atoms with Crippen molar-refractivity contribution in [3.05, 3.63) is 53.4 Å². The maximum absolute atomic E-state index is 9.35. The predicted octanol–water partition coefficient (Wildman–Crippen LogP) is 2.67. The summed E-state index contributed by atoms with van der Waals surface area (Å²) in [6, 6.07) is 11.9. The number of nitrogens with zero attached hydrogens (tertiary/aromatic N) is 3. The van der Waals surface area contributed by atoms with Crippen molar-refractivity contribution in [3.63, 3.8) is 0 Å². The largest absolute Gasteiger partial charge is 0.383 e. The van der Waals surface area contributed by atoms with Gasteiger partial charge in [-0.15, -0.1) is 0 Å². The molecule has 19 heavy (non-hydrogen) atoms. The lowest BCUT2D eigenvalue weighted by Crippen LogP contribution is -2.32. The highest BCUT2D eigenvalue weighted by atomic mass is 15.5. The molecule has 0 spiro atoms. The van der Waals surface area contributed by atoms with Crippen LogP contribution in [0, 0.1) is 11.3 Å². The second-order valence-electron chi connectivity index (χ2n) is 4.58. The van der Waals surface area contributed by atoms with E-state index in [9.17, 15) is 5.26 Å². The molecule has 0 unspecified atom stereocenters. The third-order valence-electron chi connectivity index (χ3n) is 3.36. The number of anilines is 1. The highest BCUT2D eigenvalue weighted by molar-refractivity contribution is 6.07. The van der Waals surface area contributed by atoms with E-state index in [0.29, 0.717) is 11.4 Å². The summed E-state index contributed by atoms with van der Waals surface area (Å²) in [4.78, 5) is 0. The van der Waals surface area contributed by atoms with Gasteiger partial charge in [-0.2, -0.15) is 10.4 Å². The smallest absolute Gasteiger partial charge is 0.144 e. The van der Waals surface area contributed by atoms with Crippen molar-refractivity contribution in [2.75, 3.05) is 5.01 Å². The zero-order valence-electron chi connectivity index (χ0n) is 10.5. The fraction of sp³-hybridized carbons (Fsp3) is 0.200. The highest BCUT2D eigenvalue weighted by Gasteiger charge is 2.27. The van der Waals surface area contributed by atoms with E-state index in [1.165, 1.54) is 0 Å². The van der Waals surface area contributed by atoms with Gasteiger partial charge in [0.25, 0.3) is 0 Å². The number of nitriles is 1. The number of hydrazone groups is 1. The van der Waals surface area contributed by atoms with Crippen LogP contribution in [-0.4, -0.2) is 5.71 Å². The molecule has 1 aliphatic heterocycles. The fourth-order valence-electron chi connectivity index (χ4n) is 2.42. The molecule has 1 aliphatic carbocycles. The molecule has 4 nitrogen and oxygen atoms in total. The van der Waals surface area contributed by atoms with E-state index in [-0.39, 0.29) is 0 Å². The average molecular weight is 250 g/mol. The molecule has 0 atom stereocenters. The molecule has 1 aromatic carbocycles. The Morgan fingerprint density at radius 2 is 2.05 bits per heavy atom. The number of nitrogens with two attached hydrogens (primary N) is 1. The van der Waals surface area contributed by atoms with E-state index in [1.54, 1.807) is 5.01 Å². The summed E-state index contributed by atoms with van der Waals surface area (Å²) in [5.74, 6) is 0.408. The van der Waals surface area contributed by atoms with E-state index in [4.69, 9.17) is 5.73 Å². The minimum absolute atomic E-state index is 0.408. The van der Waals surface area contributed by atoms with Crippen molar-refractivity contribution in [2.24, 2.45) is 10.8 Å². The first-order valence-electron chi connectivity index (χ1n) is 6.34. The quantitative estimate of drug-likeness (QED) is 0.833. The monoisotopic (exact) mass is 250 g/mol. The molecule has 2 N–H and O–H groups in total. The summed E-state index contributed by atoms with van der Waals surface area (Å²) in [5, 5.41) is 15.6. The Labute approximate surface area is 112 Å². The maximum Gasteiger partial charge on any atom is 0.144 e. The standard InChI is InChI=1S/C15H14N4/c16-10-13-12-8-4-5-9-14(12)18-19(15(13)17)11-6-2-1-3-7-11/h1-3,6-8H,4-5,9,17H2. The molecule has 1 aromatic rings. The summed E-state index contributed by atoms with van der Waals surface area (Å²) in [6.07, 6.45) is 5.02. The van der Waals surface area contributed by atoms with Crippen LogP contribution >= 0.6 is 0 Å². The van der Waals surface area contributed by atoms with Crippen LogP contribution in [-0.2, 0) is 0 Å². The first-order chi connectivity index (χ1) is 9.31. The molecule has 0 aromatic heterocycles. The Morgan fingerprint density at radius 1 is 1.26 bits per heavy atom. The normalized spacial score (nSPS) is 18.4. The van der Waals surface area contributed by atoms with Crippen molar-refractivity contribution in [1.29, 1.82) is 5.26 Å². The van der Waals surface area contributed by atoms with Crippen molar-refractivity contribution in [1.82, 2.24) is 0 Å². The number of benzene rings is 1. The highest BCUT2D eigenvalue weighted by Crippen LogP contribution is 2.31. The van der Waals surface area contributed by atoms with Gasteiger partial charge in [0.05, 0.1) is 11.4 Å². The van der Waals surface area contributed by atoms with Crippen LogP contribution < -0.4 is 10.7 Å². The Kier molecular flexibility index (Phi) is 2.81. The first-order valence-corrected chi connectivity index (χ1v) is 6.34. The van der Waals surface area contributed by atoms with E-state index >= 15 is 0 Å². The summed E-state index contributed by atoms with van der Waals surface area (Å²) >= 11 is 0. The first kappa shape index (κ1) is 11.5. The van der Waals surface area contributed by atoms with Gasteiger partial charge in [-0.1, -0.05) is 24.3 Å². The zero-order valence-corrected chi connectivity index (χ0v) is 10.5. The second-order valence-corrected chi connectivity index (χ2v) is 4.58. The molecule has 0 fully saturated rings. The maximum atomic E-state index is 9.35. The van der Waals surface area contributed by atoms with E-state index in [1.807, 2.05) is 30.3 Å². The number of fused-ring (bicyclic) bond motifs is 1. The summed E-state index contributed by atoms with van der Waals surface area (Å²) in [5.41, 5.74) is 9.40. The van der Waals surface area contributed by atoms with Gasteiger partial charge in [-0.3, -0.25) is 0 Å². The van der Waals surface area contributed by atoms with Crippen LogP contribution in [0.25, 0.3) is 0 Å². The Morgan fingerprint density at radius 3 is 2.79 bits per heavy atom. The van der Waals surface area contributed by atoms with E-state index in [2.05, 4.69) is 17.2 Å². The van der Waals surface area contributed by atoms with E-state index < -0.39 is 0 Å². The summed E-state index contributed by atoms with van der Waals surface area (Å²) in [6.45, 7) is 0. The molecule has 0 saturated carbocycles. The van der Waals surface area contributed by atoms with Crippen LogP contribution in [0.15, 0.2) is 58.5 Å². The molecule has 0 bridgehead atoms. The van der Waals surface area contributed by atoms with Crippen LogP contribution in [0.5, 0.6) is 0 Å². The predicted molar refractivity (Wildman–Crippen MR) is 75.1 cm³/mol. The van der Waals surface area contributed by atoms with Crippen molar-refractivity contribution in [2.45, 2.75) is 19.3 Å². The fourth-order valence-corrected chi connectivity index (χ4v) is 2.42. The van der Waals surface area contributed by atoms with Gasteiger partial charge in [-0.25, -0.2) is 5.01 Å². The number of rotatable bonds is 1. The topological polar surface area (TPSA) is 65.4 Å². The molecule has 3 rings (SSSR count). The third kappa shape index (κ3) is 1.89. The van der Waals surface area contributed by atoms with Gasteiger partial charge in [0.1, 0.15) is 17.5 Å². The van der Waals surface area contributed by atoms with E-state index in [0.717, 1.165) is 36.2 Å². The molecular formula is C15H14N4. The zero-order chi connectivity index (χ0) is 13.2. The summed E-state index contributed by atoms with van der Waals surface area (Å²) < 4.78 is 0. The summed E-state index contributed by atoms with van der Waals surface area (Å²) in [7, 11) is 0. The molecule has 0 radical (unpaired) electrons. The number of para-hydroxylation sites is 1. The van der Waals surface area contributed by atoms with Gasteiger partial charge in [0.2, 0.25) is 0 Å². The van der Waals surface area contributed by atoms with Gasteiger partial charge in [0, 0.05) is 5.57 Å². The van der Waals surface area contributed by atoms with Gasteiger partial charge in [0.15, 0.2) is 0 Å². The van der Waals surface area contributed by atoms with Crippen molar-refractivity contribution < 1.29 is 0 Å². The molecular weight excluding hydrogens is 236 g/mol. The van der Waals surface area contributed by atoms with Crippen LogP contribution in [0.2, 0.25) is 0 Å². The molecule has 0 saturated heterocycles. The number of hydrogen-bond donors (Lipinski definition) is 1. The minimum atomic E-state index is 0.408. The lowest BCUT2D eigenvalue weighted by atomic mass is 9.91. The molecule has 94 valence electrons. The Balaban J connectivity index is 2.12. The third-order valence-corrected chi connectivity index (χ3v) is 3.36. The van der Waals surface area contributed by atoms with Crippen molar-refractivity contribution >= 4 is 11.4 Å². The number of hydrogen-bond acceptors (Lipinski definition) is 4. The van der Waals surface area contributed by atoms with Crippen LogP contribution in [0.4, 0.5) is 5.69 Å². The van der Waals surface area contributed by atoms with Crippen LogP contribution in [0.1, 0.15) is 19.3 Å². The second kappa shape index (κ2) is 4.62. The van der Waals surface area contributed by atoms with Gasteiger partial charge < -0.3 is 5.73 Å². The molecule has 2 aliphatic rings. The Bertz CT molecular complexity index is 632. The van der Waals surface area contributed by atoms with Crippen LogP contribution in [0.3, 0.4) is 0 Å². The van der Waals surface area contributed by atoms with Crippen molar-refractivity contribution in [3.8, 4) is 6.07 Å². The van der Waals surface area contributed by atoms with Gasteiger partial charge >= 0.3 is 0 Å². The van der Waals surface area contributed by atoms with Gasteiger partial charge in [-0.05, 0) is 31.4 Å². The lowest BCUT2D eigenvalue weighted by Gasteiger charge is -2.29. The number of allylic oxidation sites excluding steroid dienone is 3. The lowest BCUT2D eigenvalue weighted by molar-refractivity contribution is 0.839. The average Bonchev–Trinajstić information content (AvgIpc) is 2.47. The minimum Gasteiger partial charge on any atom is -0.383 e. The SMILES string of the molecule is N#CC1=C(N)N(c2ccccc2)N=C2CCCC=C21. The molecule has 4 heteroatoms. The molecule has 0 amide bonds. The Hall–Kier alpha value is -2.54. The molecule has 1 heterocycles.